The third-order valence-electron chi connectivity index (χ3n) is 3.15. The van der Waals surface area contributed by atoms with Crippen molar-refractivity contribution in [3.63, 3.8) is 0 Å². The molecule has 0 radical (unpaired) electrons. The molecule has 1 aromatic rings. The Kier molecular flexibility index (Phi) is 3.77. The number of rotatable bonds is 5. The molecule has 0 unspecified atom stereocenters. The van der Waals surface area contributed by atoms with Crippen molar-refractivity contribution >= 4 is 6.01 Å². The van der Waals surface area contributed by atoms with Crippen LogP contribution in [-0.4, -0.2) is 30.3 Å². The van der Waals surface area contributed by atoms with Crippen molar-refractivity contribution < 1.29 is 4.42 Å². The van der Waals surface area contributed by atoms with Gasteiger partial charge in [0, 0.05) is 26.6 Å². The van der Waals surface area contributed by atoms with E-state index in [-0.39, 0.29) is 0 Å². The molecule has 16 heavy (non-hydrogen) atoms. The summed E-state index contributed by atoms with van der Waals surface area (Å²) in [6.45, 7) is 1.57. The maximum Gasteiger partial charge on any atom is 0.317 e. The predicted molar refractivity (Wildman–Crippen MR) is 62.3 cm³/mol. The van der Waals surface area contributed by atoms with E-state index in [1.54, 1.807) is 0 Å². The van der Waals surface area contributed by atoms with E-state index < -0.39 is 0 Å². The van der Waals surface area contributed by atoms with Crippen LogP contribution in [-0.2, 0) is 6.42 Å². The average molecular weight is 224 g/mol. The Hall–Kier alpha value is -1.10. The average Bonchev–Trinajstić information content (AvgIpc) is 2.89. The van der Waals surface area contributed by atoms with Crippen molar-refractivity contribution in [3.8, 4) is 0 Å². The number of hydrogen-bond donors (Lipinski definition) is 1. The van der Waals surface area contributed by atoms with Crippen LogP contribution in [0, 0.1) is 5.92 Å². The van der Waals surface area contributed by atoms with Gasteiger partial charge < -0.3 is 15.1 Å². The standard InChI is InChI=1S/C11H20N4O/c1-15(8-9-4-2-3-5-9)11-14-13-10(16-11)6-7-12/h9H,2-8,12H2,1H3. The summed E-state index contributed by atoms with van der Waals surface area (Å²) >= 11 is 0. The molecule has 90 valence electrons. The second-order valence-corrected chi connectivity index (χ2v) is 4.55. The van der Waals surface area contributed by atoms with Gasteiger partial charge in [-0.1, -0.05) is 17.9 Å². The molecule has 1 aliphatic rings. The Morgan fingerprint density at radius 3 is 2.81 bits per heavy atom. The molecule has 0 aromatic carbocycles. The summed E-state index contributed by atoms with van der Waals surface area (Å²) in [6.07, 6.45) is 6.04. The molecular formula is C11H20N4O. The van der Waals surface area contributed by atoms with Gasteiger partial charge in [-0.25, -0.2) is 0 Å². The van der Waals surface area contributed by atoms with Crippen molar-refractivity contribution in [2.75, 3.05) is 25.0 Å². The summed E-state index contributed by atoms with van der Waals surface area (Å²) < 4.78 is 5.52. The molecule has 0 atom stereocenters. The highest BCUT2D eigenvalue weighted by Crippen LogP contribution is 2.26. The summed E-state index contributed by atoms with van der Waals surface area (Å²) in [7, 11) is 2.01. The molecule has 0 amide bonds. The smallest absolute Gasteiger partial charge is 0.317 e. The normalized spacial score (nSPS) is 16.9. The van der Waals surface area contributed by atoms with Crippen molar-refractivity contribution in [2.45, 2.75) is 32.1 Å². The molecule has 1 saturated carbocycles. The first kappa shape index (κ1) is 11.4. The summed E-state index contributed by atoms with van der Waals surface area (Å²) in [4.78, 5) is 2.06. The molecule has 1 heterocycles. The molecular weight excluding hydrogens is 204 g/mol. The second kappa shape index (κ2) is 5.30. The van der Waals surface area contributed by atoms with Crippen molar-refractivity contribution in [3.05, 3.63) is 5.89 Å². The lowest BCUT2D eigenvalue weighted by atomic mass is 10.1. The van der Waals surface area contributed by atoms with E-state index in [0.717, 1.165) is 12.5 Å². The minimum Gasteiger partial charge on any atom is -0.408 e. The van der Waals surface area contributed by atoms with E-state index in [1.165, 1.54) is 25.7 Å². The predicted octanol–water partition coefficient (Wildman–Crippen LogP) is 1.20. The summed E-state index contributed by atoms with van der Waals surface area (Å²) in [5.74, 6) is 1.42. The van der Waals surface area contributed by atoms with Crippen LogP contribution in [0.2, 0.25) is 0 Å². The van der Waals surface area contributed by atoms with E-state index >= 15 is 0 Å². The minimum atomic E-state index is 0.550. The van der Waals surface area contributed by atoms with Gasteiger partial charge in [-0.05, 0) is 18.8 Å². The Balaban J connectivity index is 1.89. The zero-order valence-corrected chi connectivity index (χ0v) is 9.85. The first-order valence-corrected chi connectivity index (χ1v) is 6.03. The fourth-order valence-corrected chi connectivity index (χ4v) is 2.28. The Morgan fingerprint density at radius 1 is 1.38 bits per heavy atom. The fourth-order valence-electron chi connectivity index (χ4n) is 2.28. The summed E-state index contributed by atoms with van der Waals surface area (Å²) in [5, 5.41) is 7.99. The van der Waals surface area contributed by atoms with Crippen molar-refractivity contribution in [1.82, 2.24) is 10.2 Å². The van der Waals surface area contributed by atoms with Gasteiger partial charge in [0.05, 0.1) is 0 Å². The van der Waals surface area contributed by atoms with Crippen LogP contribution >= 0.6 is 0 Å². The van der Waals surface area contributed by atoms with Crippen LogP contribution < -0.4 is 10.6 Å². The second-order valence-electron chi connectivity index (χ2n) is 4.55. The molecule has 1 fully saturated rings. The fraction of sp³-hybridized carbons (Fsp3) is 0.818. The van der Waals surface area contributed by atoms with Crippen molar-refractivity contribution in [1.29, 1.82) is 0 Å². The van der Waals surface area contributed by atoms with E-state index in [0.29, 0.717) is 24.9 Å². The largest absolute Gasteiger partial charge is 0.408 e. The highest BCUT2D eigenvalue weighted by atomic mass is 16.4. The molecule has 5 nitrogen and oxygen atoms in total. The molecule has 5 heteroatoms. The lowest BCUT2D eigenvalue weighted by molar-refractivity contribution is 0.468. The SMILES string of the molecule is CN(CC1CCCC1)c1nnc(CCN)o1. The summed E-state index contributed by atoms with van der Waals surface area (Å²) in [5.41, 5.74) is 5.44. The highest BCUT2D eigenvalue weighted by Gasteiger charge is 2.19. The number of hydrogen-bond acceptors (Lipinski definition) is 5. The van der Waals surface area contributed by atoms with Gasteiger partial charge >= 0.3 is 6.01 Å². The van der Waals surface area contributed by atoms with E-state index in [2.05, 4.69) is 15.1 Å². The molecule has 0 aliphatic heterocycles. The quantitative estimate of drug-likeness (QED) is 0.813. The topological polar surface area (TPSA) is 68.2 Å². The minimum absolute atomic E-state index is 0.550. The van der Waals surface area contributed by atoms with Crippen LogP contribution in [0.5, 0.6) is 0 Å². The Morgan fingerprint density at radius 2 is 2.12 bits per heavy atom. The highest BCUT2D eigenvalue weighted by molar-refractivity contribution is 5.22. The maximum atomic E-state index is 5.52. The zero-order valence-electron chi connectivity index (χ0n) is 9.85. The van der Waals surface area contributed by atoms with Crippen LogP contribution in [0.1, 0.15) is 31.6 Å². The molecule has 2 N–H and O–H groups in total. The van der Waals surface area contributed by atoms with Crippen molar-refractivity contribution in [2.24, 2.45) is 11.7 Å². The lowest BCUT2D eigenvalue weighted by Gasteiger charge is -2.18. The lowest BCUT2D eigenvalue weighted by Crippen LogP contribution is -2.24. The molecule has 0 bridgehead atoms. The molecule has 1 aliphatic carbocycles. The van der Waals surface area contributed by atoms with Gasteiger partial charge in [0.15, 0.2) is 0 Å². The van der Waals surface area contributed by atoms with E-state index in [1.807, 2.05) is 7.05 Å². The van der Waals surface area contributed by atoms with Gasteiger partial charge in [0.25, 0.3) is 0 Å². The third-order valence-corrected chi connectivity index (χ3v) is 3.15. The van der Waals surface area contributed by atoms with Gasteiger partial charge in [-0.3, -0.25) is 0 Å². The van der Waals surface area contributed by atoms with Gasteiger partial charge in [0.2, 0.25) is 5.89 Å². The van der Waals surface area contributed by atoms with Crippen LogP contribution in [0.4, 0.5) is 6.01 Å². The number of nitrogens with zero attached hydrogens (tertiary/aromatic N) is 3. The molecule has 2 rings (SSSR count). The van der Waals surface area contributed by atoms with Crippen LogP contribution in [0.25, 0.3) is 0 Å². The maximum absolute atomic E-state index is 5.52. The Bertz CT molecular complexity index is 320. The first-order valence-electron chi connectivity index (χ1n) is 6.03. The molecule has 0 saturated heterocycles. The number of anilines is 1. The van der Waals surface area contributed by atoms with Crippen LogP contribution in [0.15, 0.2) is 4.42 Å². The molecule has 1 aromatic heterocycles. The summed E-state index contributed by atoms with van der Waals surface area (Å²) in [6, 6.07) is 0.621. The zero-order chi connectivity index (χ0) is 11.4. The molecule has 0 spiro atoms. The number of nitrogens with two attached hydrogens (primary N) is 1. The van der Waals surface area contributed by atoms with Crippen LogP contribution in [0.3, 0.4) is 0 Å². The van der Waals surface area contributed by atoms with E-state index in [9.17, 15) is 0 Å². The van der Waals surface area contributed by atoms with Gasteiger partial charge in [-0.2, -0.15) is 0 Å². The first-order chi connectivity index (χ1) is 7.79. The number of aromatic nitrogens is 2. The van der Waals surface area contributed by atoms with Gasteiger partial charge in [-0.15, -0.1) is 5.10 Å². The van der Waals surface area contributed by atoms with E-state index in [4.69, 9.17) is 10.2 Å². The monoisotopic (exact) mass is 224 g/mol. The third kappa shape index (κ3) is 2.72. The van der Waals surface area contributed by atoms with Gasteiger partial charge in [0.1, 0.15) is 0 Å². The Labute approximate surface area is 96.0 Å².